The number of rotatable bonds is 6. The van der Waals surface area contributed by atoms with E-state index in [1.165, 1.54) is 6.07 Å². The lowest BCUT2D eigenvalue weighted by Crippen LogP contribution is -2.48. The van der Waals surface area contributed by atoms with Crippen molar-refractivity contribution in [3.8, 4) is 0 Å². The quantitative estimate of drug-likeness (QED) is 0.383. The first-order chi connectivity index (χ1) is 11.2. The van der Waals surface area contributed by atoms with E-state index in [-0.39, 0.29) is 34.5 Å². The smallest absolute Gasteiger partial charge is 0.191 e. The largest absolute Gasteiger partial charge is 0.381 e. The summed E-state index contributed by atoms with van der Waals surface area (Å²) < 4.78 is 19.4. The van der Waals surface area contributed by atoms with Gasteiger partial charge in [0.1, 0.15) is 5.82 Å². The molecule has 1 fully saturated rings. The Morgan fingerprint density at radius 3 is 2.62 bits per heavy atom. The fourth-order valence-electron chi connectivity index (χ4n) is 2.71. The van der Waals surface area contributed by atoms with Gasteiger partial charge in [-0.05, 0) is 24.7 Å². The van der Waals surface area contributed by atoms with E-state index in [1.807, 2.05) is 17.8 Å². The number of hydrogen-bond acceptors (Lipinski definition) is 3. The van der Waals surface area contributed by atoms with Crippen LogP contribution in [0.4, 0.5) is 4.39 Å². The molecule has 7 heteroatoms. The molecule has 0 radical (unpaired) electrons. The molecule has 1 aromatic rings. The lowest BCUT2D eigenvalue weighted by atomic mass is 9.99. The van der Waals surface area contributed by atoms with E-state index in [9.17, 15) is 4.39 Å². The van der Waals surface area contributed by atoms with Gasteiger partial charge in [-0.25, -0.2) is 4.39 Å². The molecule has 0 atom stereocenters. The van der Waals surface area contributed by atoms with Gasteiger partial charge in [-0.2, -0.15) is 11.8 Å². The number of halogens is 2. The molecule has 0 aromatic heterocycles. The van der Waals surface area contributed by atoms with Gasteiger partial charge >= 0.3 is 0 Å². The highest BCUT2D eigenvalue weighted by Crippen LogP contribution is 2.34. The minimum atomic E-state index is -0.196. The predicted molar refractivity (Wildman–Crippen MR) is 111 cm³/mol. The Hall–Kier alpha value is -0.540. The van der Waals surface area contributed by atoms with E-state index in [4.69, 9.17) is 4.74 Å². The topological polar surface area (TPSA) is 45.7 Å². The van der Waals surface area contributed by atoms with Gasteiger partial charge in [0.25, 0.3) is 0 Å². The van der Waals surface area contributed by atoms with Gasteiger partial charge in [0.2, 0.25) is 0 Å². The summed E-state index contributed by atoms with van der Waals surface area (Å²) in [5, 5.41) is 6.58. The fraction of sp³-hybridized carbons (Fsp3) is 0.588. The summed E-state index contributed by atoms with van der Waals surface area (Å²) in [7, 11) is 1.74. The summed E-state index contributed by atoms with van der Waals surface area (Å²) in [6.45, 7) is 5.08. The maximum atomic E-state index is 13.7. The van der Waals surface area contributed by atoms with Crippen LogP contribution in [0, 0.1) is 5.82 Å². The first-order valence-electron chi connectivity index (χ1n) is 8.09. The third-order valence-electron chi connectivity index (χ3n) is 4.06. The molecular weight excluding hydrogens is 440 g/mol. The molecule has 0 bridgehead atoms. The van der Waals surface area contributed by atoms with E-state index >= 15 is 0 Å². The highest BCUT2D eigenvalue weighted by Gasteiger charge is 2.32. The minimum absolute atomic E-state index is 0. The Morgan fingerprint density at radius 2 is 2.00 bits per heavy atom. The van der Waals surface area contributed by atoms with Crippen molar-refractivity contribution in [3.05, 3.63) is 35.6 Å². The van der Waals surface area contributed by atoms with Gasteiger partial charge in [-0.15, -0.1) is 24.0 Å². The number of benzene rings is 1. The Labute approximate surface area is 165 Å². The predicted octanol–water partition coefficient (Wildman–Crippen LogP) is 3.41. The van der Waals surface area contributed by atoms with E-state index in [1.54, 1.807) is 19.2 Å². The summed E-state index contributed by atoms with van der Waals surface area (Å²) in [4.78, 5) is 4.24. The number of aliphatic imine (C=N–C) groups is 1. The third kappa shape index (κ3) is 6.40. The molecule has 136 valence electrons. The van der Waals surface area contributed by atoms with Crippen molar-refractivity contribution in [3.63, 3.8) is 0 Å². The molecule has 0 amide bonds. The molecule has 1 aliphatic rings. The zero-order valence-corrected chi connectivity index (χ0v) is 17.5. The van der Waals surface area contributed by atoms with Crippen LogP contribution in [0.5, 0.6) is 0 Å². The molecule has 1 aromatic carbocycles. The molecule has 4 nitrogen and oxygen atoms in total. The normalized spacial score (nSPS) is 17.0. The molecule has 0 aliphatic carbocycles. The average Bonchev–Trinajstić information content (AvgIpc) is 2.57. The van der Waals surface area contributed by atoms with Gasteiger partial charge in [-0.3, -0.25) is 4.99 Å². The van der Waals surface area contributed by atoms with Gasteiger partial charge in [0.05, 0.1) is 0 Å². The molecular formula is C17H27FIN3OS. The molecule has 2 rings (SSSR count). The lowest BCUT2D eigenvalue weighted by Gasteiger charge is -2.37. The number of ether oxygens (including phenoxy) is 1. The standard InChI is InChI=1S/C17H26FN3OS.HI/c1-3-23-17(8-10-22-11-9-17)13-21-16(19-2)20-12-14-6-4-5-7-15(14)18;/h4-7H,3,8-13H2,1-2H3,(H2,19,20,21);1H. The summed E-state index contributed by atoms with van der Waals surface area (Å²) in [6, 6.07) is 6.79. The van der Waals surface area contributed by atoms with Gasteiger partial charge < -0.3 is 15.4 Å². The molecule has 24 heavy (non-hydrogen) atoms. The SMILES string of the molecule is CCSC1(CNC(=NC)NCc2ccccc2F)CCOCC1.I. The average molecular weight is 467 g/mol. The Balaban J connectivity index is 0.00000288. The van der Waals surface area contributed by atoms with Crippen molar-refractivity contribution in [1.29, 1.82) is 0 Å². The van der Waals surface area contributed by atoms with Crippen molar-refractivity contribution in [1.82, 2.24) is 10.6 Å². The van der Waals surface area contributed by atoms with E-state index in [0.717, 1.165) is 38.4 Å². The Morgan fingerprint density at radius 1 is 1.29 bits per heavy atom. The molecule has 0 saturated carbocycles. The van der Waals surface area contributed by atoms with Gasteiger partial charge in [-0.1, -0.05) is 25.1 Å². The first-order valence-corrected chi connectivity index (χ1v) is 9.07. The number of guanidine groups is 1. The van der Waals surface area contributed by atoms with E-state index in [0.29, 0.717) is 18.1 Å². The van der Waals surface area contributed by atoms with Crippen LogP contribution in [0.15, 0.2) is 29.3 Å². The van der Waals surface area contributed by atoms with Crippen LogP contribution >= 0.6 is 35.7 Å². The maximum Gasteiger partial charge on any atom is 0.191 e. The second-order valence-electron chi connectivity index (χ2n) is 5.60. The van der Waals surface area contributed by atoms with Crippen molar-refractivity contribution in [2.75, 3.05) is 32.6 Å². The van der Waals surface area contributed by atoms with Gasteiger partial charge in [0.15, 0.2) is 5.96 Å². The van der Waals surface area contributed by atoms with Crippen molar-refractivity contribution >= 4 is 41.7 Å². The Bertz CT molecular complexity index is 519. The molecule has 0 spiro atoms. The highest BCUT2D eigenvalue weighted by molar-refractivity contribution is 14.0. The molecule has 2 N–H and O–H groups in total. The summed E-state index contributed by atoms with van der Waals surface area (Å²) in [5.74, 6) is 1.59. The first kappa shape index (κ1) is 21.5. The van der Waals surface area contributed by atoms with E-state index in [2.05, 4.69) is 22.5 Å². The van der Waals surface area contributed by atoms with Crippen LogP contribution in [0.3, 0.4) is 0 Å². The summed E-state index contributed by atoms with van der Waals surface area (Å²) in [6.07, 6.45) is 2.09. The molecule has 0 unspecified atom stereocenters. The van der Waals surface area contributed by atoms with Crippen molar-refractivity contribution in [2.24, 2.45) is 4.99 Å². The van der Waals surface area contributed by atoms with E-state index < -0.39 is 0 Å². The summed E-state index contributed by atoms with van der Waals surface area (Å²) in [5.41, 5.74) is 0.638. The fourth-order valence-corrected chi connectivity index (χ4v) is 3.95. The Kier molecular flexibility index (Phi) is 9.99. The van der Waals surface area contributed by atoms with Crippen LogP contribution in [0.1, 0.15) is 25.3 Å². The van der Waals surface area contributed by atoms with Crippen LogP contribution in [-0.2, 0) is 11.3 Å². The number of nitrogens with zero attached hydrogens (tertiary/aromatic N) is 1. The van der Waals surface area contributed by atoms with Crippen LogP contribution < -0.4 is 10.6 Å². The third-order valence-corrected chi connectivity index (χ3v) is 5.51. The maximum absolute atomic E-state index is 13.7. The zero-order chi connectivity index (χ0) is 16.5. The molecule has 1 saturated heterocycles. The molecule has 1 heterocycles. The number of hydrogen-bond donors (Lipinski definition) is 2. The second-order valence-corrected chi connectivity index (χ2v) is 7.33. The van der Waals surface area contributed by atoms with Crippen LogP contribution in [0.2, 0.25) is 0 Å². The second kappa shape index (κ2) is 11.1. The monoisotopic (exact) mass is 467 g/mol. The van der Waals surface area contributed by atoms with Crippen molar-refractivity contribution in [2.45, 2.75) is 31.1 Å². The van der Waals surface area contributed by atoms with Gasteiger partial charge in [0, 0.05) is 43.7 Å². The number of thioether (sulfide) groups is 1. The highest BCUT2D eigenvalue weighted by atomic mass is 127. The van der Waals surface area contributed by atoms with Crippen molar-refractivity contribution < 1.29 is 9.13 Å². The summed E-state index contributed by atoms with van der Waals surface area (Å²) >= 11 is 1.98. The minimum Gasteiger partial charge on any atom is -0.381 e. The van der Waals surface area contributed by atoms with Crippen LogP contribution in [0.25, 0.3) is 0 Å². The lowest BCUT2D eigenvalue weighted by molar-refractivity contribution is 0.0782. The van der Waals surface area contributed by atoms with Crippen LogP contribution in [-0.4, -0.2) is 43.3 Å². The zero-order valence-electron chi connectivity index (χ0n) is 14.3. The molecule has 1 aliphatic heterocycles. The number of nitrogens with one attached hydrogen (secondary N) is 2.